The summed E-state index contributed by atoms with van der Waals surface area (Å²) in [5, 5.41) is 3.74. The van der Waals surface area contributed by atoms with Gasteiger partial charge >= 0.3 is 0 Å². The Hall–Kier alpha value is -1.03. The molecule has 0 bridgehead atoms. The first-order valence-electron chi connectivity index (χ1n) is 4.11. The summed E-state index contributed by atoms with van der Waals surface area (Å²) in [6.45, 7) is 3.02. The Kier molecular flexibility index (Phi) is 1.58. The van der Waals surface area contributed by atoms with Crippen molar-refractivity contribution in [1.29, 1.82) is 0 Å². The van der Waals surface area contributed by atoms with E-state index in [4.69, 9.17) is 10.3 Å². The Labute approximate surface area is 71.3 Å². The number of likely N-dealkylation sites (N-methyl/N-ethyl adjacent to an activating group) is 1. The van der Waals surface area contributed by atoms with Gasteiger partial charge in [0, 0.05) is 19.0 Å². The van der Waals surface area contributed by atoms with Crippen molar-refractivity contribution < 1.29 is 4.52 Å². The molecular formula is C8H13N3O. The number of aromatic nitrogens is 1. The zero-order chi connectivity index (χ0) is 8.72. The Morgan fingerprint density at radius 2 is 2.42 bits per heavy atom. The van der Waals surface area contributed by atoms with Crippen molar-refractivity contribution in [3.05, 3.63) is 11.3 Å². The van der Waals surface area contributed by atoms with Crippen LogP contribution in [0.15, 0.2) is 4.52 Å². The highest BCUT2D eigenvalue weighted by atomic mass is 16.5. The normalized spacial score (nSPS) is 24.0. The third-order valence-electron chi connectivity index (χ3n) is 2.54. The van der Waals surface area contributed by atoms with Crippen LogP contribution in [0.5, 0.6) is 0 Å². The smallest absolute Gasteiger partial charge is 0.171 e. The predicted molar refractivity (Wildman–Crippen MR) is 45.5 cm³/mol. The van der Waals surface area contributed by atoms with E-state index in [0.29, 0.717) is 11.9 Å². The first-order valence-corrected chi connectivity index (χ1v) is 4.11. The van der Waals surface area contributed by atoms with Crippen molar-refractivity contribution in [1.82, 2.24) is 10.1 Å². The van der Waals surface area contributed by atoms with Gasteiger partial charge in [-0.3, -0.25) is 4.90 Å². The third-order valence-corrected chi connectivity index (χ3v) is 2.54. The quantitative estimate of drug-likeness (QED) is 0.616. The number of anilines is 1. The molecular weight excluding hydrogens is 154 g/mol. The summed E-state index contributed by atoms with van der Waals surface area (Å²) in [7, 11) is 2.08. The standard InChI is InChI=1S/C8H13N3O/c1-5-3-7-6(4-11(5)2)8(9)10-12-7/h5H,3-4H2,1-2H3,(H2,9,10). The van der Waals surface area contributed by atoms with Crippen LogP contribution < -0.4 is 5.73 Å². The number of nitrogens with two attached hydrogens (primary N) is 1. The average molecular weight is 167 g/mol. The van der Waals surface area contributed by atoms with Gasteiger partial charge in [0.1, 0.15) is 5.76 Å². The SMILES string of the molecule is CC1Cc2onc(N)c2CN1C. The van der Waals surface area contributed by atoms with E-state index in [2.05, 4.69) is 24.0 Å². The summed E-state index contributed by atoms with van der Waals surface area (Å²) < 4.78 is 5.10. The van der Waals surface area contributed by atoms with Gasteiger partial charge in [0.05, 0.1) is 5.56 Å². The van der Waals surface area contributed by atoms with Crippen LogP contribution in [0.3, 0.4) is 0 Å². The maximum atomic E-state index is 5.64. The van der Waals surface area contributed by atoms with Crippen molar-refractivity contribution in [3.63, 3.8) is 0 Å². The second-order valence-electron chi connectivity index (χ2n) is 3.44. The van der Waals surface area contributed by atoms with Crippen molar-refractivity contribution in [2.45, 2.75) is 25.9 Å². The van der Waals surface area contributed by atoms with Crippen LogP contribution in [0.2, 0.25) is 0 Å². The average Bonchev–Trinajstić information content (AvgIpc) is 2.35. The summed E-state index contributed by atoms with van der Waals surface area (Å²) in [4.78, 5) is 2.25. The summed E-state index contributed by atoms with van der Waals surface area (Å²) in [5.74, 6) is 1.50. The molecule has 12 heavy (non-hydrogen) atoms. The summed E-state index contributed by atoms with van der Waals surface area (Å²) in [6, 6.07) is 0.518. The fourth-order valence-electron chi connectivity index (χ4n) is 1.52. The minimum absolute atomic E-state index is 0.518. The van der Waals surface area contributed by atoms with E-state index in [1.165, 1.54) is 0 Å². The van der Waals surface area contributed by atoms with E-state index in [9.17, 15) is 0 Å². The molecule has 2 N–H and O–H groups in total. The molecule has 4 nitrogen and oxygen atoms in total. The van der Waals surface area contributed by atoms with Crippen LogP contribution in [-0.2, 0) is 13.0 Å². The van der Waals surface area contributed by atoms with Gasteiger partial charge in [0.15, 0.2) is 5.82 Å². The number of nitrogens with zero attached hydrogens (tertiary/aromatic N) is 2. The number of hydrogen-bond donors (Lipinski definition) is 1. The lowest BCUT2D eigenvalue weighted by Gasteiger charge is -2.27. The van der Waals surface area contributed by atoms with Crippen molar-refractivity contribution >= 4 is 5.82 Å². The molecule has 66 valence electrons. The summed E-state index contributed by atoms with van der Waals surface area (Å²) in [6.07, 6.45) is 0.913. The molecule has 1 unspecified atom stereocenters. The maximum absolute atomic E-state index is 5.64. The fraction of sp³-hybridized carbons (Fsp3) is 0.625. The highest BCUT2D eigenvalue weighted by Gasteiger charge is 2.25. The first-order chi connectivity index (χ1) is 5.68. The van der Waals surface area contributed by atoms with Crippen LogP contribution in [0.25, 0.3) is 0 Å². The highest BCUT2D eigenvalue weighted by Crippen LogP contribution is 2.25. The van der Waals surface area contributed by atoms with Crippen LogP contribution >= 0.6 is 0 Å². The fourth-order valence-corrected chi connectivity index (χ4v) is 1.52. The molecule has 1 aromatic rings. The maximum Gasteiger partial charge on any atom is 0.171 e. The Morgan fingerprint density at radius 1 is 1.67 bits per heavy atom. The second kappa shape index (κ2) is 2.48. The molecule has 0 saturated heterocycles. The molecule has 1 aliphatic rings. The minimum Gasteiger partial charge on any atom is -0.381 e. The van der Waals surface area contributed by atoms with Gasteiger partial charge in [-0.2, -0.15) is 0 Å². The van der Waals surface area contributed by atoms with E-state index >= 15 is 0 Å². The molecule has 2 rings (SSSR count). The number of rotatable bonds is 0. The molecule has 0 saturated carbocycles. The summed E-state index contributed by atoms with van der Waals surface area (Å²) in [5.41, 5.74) is 6.70. The molecule has 0 aliphatic carbocycles. The van der Waals surface area contributed by atoms with E-state index < -0.39 is 0 Å². The van der Waals surface area contributed by atoms with Crippen molar-refractivity contribution in [2.24, 2.45) is 0 Å². The molecule has 0 amide bonds. The van der Waals surface area contributed by atoms with E-state index in [1.807, 2.05) is 0 Å². The Bertz CT molecular complexity index is 294. The Morgan fingerprint density at radius 3 is 3.17 bits per heavy atom. The van der Waals surface area contributed by atoms with Crippen LogP contribution in [0, 0.1) is 0 Å². The molecule has 1 aromatic heterocycles. The lowest BCUT2D eigenvalue weighted by Crippen LogP contribution is -2.34. The molecule has 0 radical (unpaired) electrons. The third kappa shape index (κ3) is 0.992. The van der Waals surface area contributed by atoms with Crippen LogP contribution in [0.1, 0.15) is 18.2 Å². The zero-order valence-corrected chi connectivity index (χ0v) is 7.37. The first kappa shape index (κ1) is 7.61. The Balaban J connectivity index is 2.36. The largest absolute Gasteiger partial charge is 0.381 e. The number of fused-ring (bicyclic) bond motifs is 1. The molecule has 2 heterocycles. The van der Waals surface area contributed by atoms with Crippen molar-refractivity contribution in [2.75, 3.05) is 12.8 Å². The minimum atomic E-state index is 0.518. The van der Waals surface area contributed by atoms with Gasteiger partial charge in [0.2, 0.25) is 0 Å². The molecule has 4 heteroatoms. The van der Waals surface area contributed by atoms with Crippen LogP contribution in [0.4, 0.5) is 5.82 Å². The second-order valence-corrected chi connectivity index (χ2v) is 3.44. The predicted octanol–water partition coefficient (Wildman–Crippen LogP) is 0.633. The molecule has 0 spiro atoms. The van der Waals surface area contributed by atoms with Gasteiger partial charge in [-0.25, -0.2) is 0 Å². The lowest BCUT2D eigenvalue weighted by atomic mass is 10.0. The van der Waals surface area contributed by atoms with E-state index in [-0.39, 0.29) is 0 Å². The van der Waals surface area contributed by atoms with Gasteiger partial charge in [-0.1, -0.05) is 5.16 Å². The summed E-state index contributed by atoms with van der Waals surface area (Å²) >= 11 is 0. The van der Waals surface area contributed by atoms with Gasteiger partial charge in [0.25, 0.3) is 0 Å². The van der Waals surface area contributed by atoms with Gasteiger partial charge < -0.3 is 10.3 Å². The van der Waals surface area contributed by atoms with Gasteiger partial charge in [-0.05, 0) is 14.0 Å². The zero-order valence-electron chi connectivity index (χ0n) is 7.37. The molecule has 1 aliphatic heterocycles. The molecule has 0 aromatic carbocycles. The van der Waals surface area contributed by atoms with E-state index in [1.54, 1.807) is 0 Å². The number of hydrogen-bond acceptors (Lipinski definition) is 4. The van der Waals surface area contributed by atoms with Crippen LogP contribution in [-0.4, -0.2) is 23.1 Å². The number of nitrogen functional groups attached to an aromatic ring is 1. The monoisotopic (exact) mass is 167 g/mol. The lowest BCUT2D eigenvalue weighted by molar-refractivity contribution is 0.211. The molecule has 0 fully saturated rings. The highest BCUT2D eigenvalue weighted by molar-refractivity contribution is 5.41. The van der Waals surface area contributed by atoms with E-state index in [0.717, 1.165) is 24.3 Å². The molecule has 1 atom stereocenters. The topological polar surface area (TPSA) is 55.3 Å². The van der Waals surface area contributed by atoms with Crippen molar-refractivity contribution in [3.8, 4) is 0 Å². The van der Waals surface area contributed by atoms with Gasteiger partial charge in [-0.15, -0.1) is 0 Å².